The molecule has 1 saturated heterocycles. The van der Waals surface area contributed by atoms with Crippen molar-refractivity contribution in [1.82, 2.24) is 0 Å². The van der Waals surface area contributed by atoms with Crippen molar-refractivity contribution in [3.8, 4) is 0 Å². The molecule has 6 N–H and O–H groups in total. The Bertz CT molecular complexity index is 781. The summed E-state index contributed by atoms with van der Waals surface area (Å²) in [6.45, 7) is 2.14. The van der Waals surface area contributed by atoms with E-state index in [-0.39, 0.29) is 6.42 Å². The lowest BCUT2D eigenvalue weighted by Gasteiger charge is -2.41. The molecule has 1 aliphatic rings. The molecule has 204 valence electrons. The molecule has 0 aromatic heterocycles. The molecule has 0 amide bonds. The summed E-state index contributed by atoms with van der Waals surface area (Å²) >= 11 is 0. The zero-order chi connectivity index (χ0) is 26.0. The second-order valence-electron chi connectivity index (χ2n) is 8.05. The Morgan fingerprint density at radius 3 is 1.68 bits per heavy atom. The van der Waals surface area contributed by atoms with Crippen LogP contribution < -0.4 is 0 Å². The van der Waals surface area contributed by atoms with Gasteiger partial charge in [-0.3, -0.25) is 9.05 Å². The molecule has 0 radical (unpaired) electrons. The minimum Gasteiger partial charge on any atom is -0.387 e. The van der Waals surface area contributed by atoms with Crippen molar-refractivity contribution in [1.29, 1.82) is 0 Å². The van der Waals surface area contributed by atoms with Crippen LogP contribution in [0.4, 0.5) is 0 Å². The van der Waals surface area contributed by atoms with Crippen LogP contribution in [0.25, 0.3) is 0 Å². The Morgan fingerprint density at radius 2 is 1.21 bits per heavy atom. The molecule has 0 aliphatic carbocycles. The summed E-state index contributed by atoms with van der Waals surface area (Å²) in [5.74, 6) is -0.472. The molecule has 0 aromatic carbocycles. The highest BCUT2D eigenvalue weighted by molar-refractivity contribution is 7.86. The van der Waals surface area contributed by atoms with Crippen molar-refractivity contribution in [2.24, 2.45) is 0 Å². The number of hydrogen-bond donors (Lipinski definition) is 6. The zero-order valence-corrected chi connectivity index (χ0v) is 21.5. The first-order valence-electron chi connectivity index (χ1n) is 11.1. The third kappa shape index (κ3) is 13.4. The van der Waals surface area contributed by atoms with Crippen LogP contribution in [-0.4, -0.2) is 74.8 Å². The maximum absolute atomic E-state index is 12.3. The minimum atomic E-state index is -5.36. The fraction of sp³-hybridized carbons (Fsp3) is 1.00. The fourth-order valence-electron chi connectivity index (χ4n) is 3.39. The Morgan fingerprint density at radius 1 is 0.765 bits per heavy atom. The van der Waals surface area contributed by atoms with Gasteiger partial charge in [0.1, 0.15) is 12.2 Å². The molecule has 0 aromatic rings. The lowest BCUT2D eigenvalue weighted by molar-refractivity contribution is -0.314. The van der Waals surface area contributed by atoms with E-state index in [9.17, 15) is 27.8 Å². The number of aliphatic hydroxyl groups is 2. The molecular formula is C17H36O14P2S. The standard InChI is InChI=1S/C17H36O14P2S/c1-2-3-4-5-6-7-8-9-10-11-12-34(26,27)31-17-15(30-33(23,24)25)13(18)14(16(19)28-17)29-32(20,21)22/h13-19H,2-12H2,1H3,(H2,20,21,22)(H2,23,24,25)/t13-,14-,15+,16?,17-/m1/s1. The lowest BCUT2D eigenvalue weighted by atomic mass is 10.0. The lowest BCUT2D eigenvalue weighted by Crippen LogP contribution is -2.59. The first-order chi connectivity index (χ1) is 15.7. The van der Waals surface area contributed by atoms with Gasteiger partial charge in [0.2, 0.25) is 6.29 Å². The highest BCUT2D eigenvalue weighted by Gasteiger charge is 2.52. The number of ether oxygens (including phenoxy) is 1. The minimum absolute atomic E-state index is 0.226. The first-order valence-corrected chi connectivity index (χ1v) is 15.7. The molecule has 0 saturated carbocycles. The van der Waals surface area contributed by atoms with Crippen LogP contribution in [0.3, 0.4) is 0 Å². The average molecular weight is 558 g/mol. The van der Waals surface area contributed by atoms with E-state index in [4.69, 9.17) is 28.5 Å². The molecule has 1 heterocycles. The van der Waals surface area contributed by atoms with Crippen LogP contribution in [0.2, 0.25) is 0 Å². The highest BCUT2D eigenvalue weighted by atomic mass is 32.2. The topological polar surface area (TPSA) is 227 Å². The average Bonchev–Trinajstić information content (AvgIpc) is 2.68. The largest absolute Gasteiger partial charge is 0.470 e. The van der Waals surface area contributed by atoms with Gasteiger partial charge in [-0.05, 0) is 6.42 Å². The molecule has 0 spiro atoms. The molecule has 17 heteroatoms. The summed E-state index contributed by atoms with van der Waals surface area (Å²) in [6.07, 6.45) is -1.81. The molecule has 1 rings (SSSR count). The summed E-state index contributed by atoms with van der Waals surface area (Å²) in [4.78, 5) is 35.9. The van der Waals surface area contributed by atoms with Gasteiger partial charge < -0.3 is 34.5 Å². The predicted octanol–water partition coefficient (Wildman–Crippen LogP) is 1.25. The van der Waals surface area contributed by atoms with E-state index in [1.807, 2.05) is 0 Å². The monoisotopic (exact) mass is 558 g/mol. The highest BCUT2D eigenvalue weighted by Crippen LogP contribution is 2.45. The Hall–Kier alpha value is 0.01000. The summed E-state index contributed by atoms with van der Waals surface area (Å²) in [7, 11) is -15.0. The van der Waals surface area contributed by atoms with Crippen molar-refractivity contribution in [2.75, 3.05) is 5.75 Å². The van der Waals surface area contributed by atoms with Gasteiger partial charge in [0.25, 0.3) is 10.1 Å². The van der Waals surface area contributed by atoms with Crippen LogP contribution in [0.5, 0.6) is 0 Å². The van der Waals surface area contributed by atoms with E-state index in [2.05, 4.69) is 16.0 Å². The van der Waals surface area contributed by atoms with Gasteiger partial charge in [-0.25, -0.2) is 13.3 Å². The number of aliphatic hydroxyl groups excluding tert-OH is 2. The van der Waals surface area contributed by atoms with E-state index < -0.39 is 62.4 Å². The Balaban J connectivity index is 2.62. The smallest absolute Gasteiger partial charge is 0.387 e. The second-order valence-corrected chi connectivity index (χ2v) is 12.1. The molecule has 34 heavy (non-hydrogen) atoms. The molecule has 0 bridgehead atoms. The van der Waals surface area contributed by atoms with E-state index >= 15 is 0 Å². The van der Waals surface area contributed by atoms with Crippen molar-refractivity contribution in [2.45, 2.75) is 102 Å². The fourth-order valence-corrected chi connectivity index (χ4v) is 5.57. The Kier molecular flexibility index (Phi) is 13.8. The van der Waals surface area contributed by atoms with Crippen LogP contribution in [0.15, 0.2) is 0 Å². The molecule has 1 unspecified atom stereocenters. The van der Waals surface area contributed by atoms with Crippen LogP contribution in [0.1, 0.15) is 71.1 Å². The van der Waals surface area contributed by atoms with E-state index in [1.165, 1.54) is 25.7 Å². The van der Waals surface area contributed by atoms with Crippen molar-refractivity contribution < 1.29 is 65.3 Å². The summed E-state index contributed by atoms with van der Waals surface area (Å²) in [5.41, 5.74) is 0. The van der Waals surface area contributed by atoms with Gasteiger partial charge in [0, 0.05) is 0 Å². The number of phosphoric ester groups is 2. The molecule has 14 nitrogen and oxygen atoms in total. The van der Waals surface area contributed by atoms with Crippen molar-refractivity contribution in [3.63, 3.8) is 0 Å². The van der Waals surface area contributed by atoms with Crippen molar-refractivity contribution >= 4 is 25.8 Å². The maximum atomic E-state index is 12.3. The molecule has 5 atom stereocenters. The van der Waals surface area contributed by atoms with E-state index in [0.29, 0.717) is 6.42 Å². The maximum Gasteiger partial charge on any atom is 0.470 e. The predicted molar refractivity (Wildman–Crippen MR) is 117 cm³/mol. The van der Waals surface area contributed by atoms with Crippen LogP contribution >= 0.6 is 15.6 Å². The quantitative estimate of drug-likeness (QED) is 0.0839. The Labute approximate surface area is 199 Å². The zero-order valence-electron chi connectivity index (χ0n) is 18.9. The third-order valence-corrected chi connectivity index (χ3v) is 7.31. The normalized spacial score (nSPS) is 26.6. The number of hydrogen-bond acceptors (Lipinski definition) is 10. The summed E-state index contributed by atoms with van der Waals surface area (Å²) in [5, 5.41) is 20.1. The summed E-state index contributed by atoms with van der Waals surface area (Å²) < 4.78 is 64.9. The van der Waals surface area contributed by atoms with Gasteiger partial charge in [0.05, 0.1) is 5.75 Å². The third-order valence-electron chi connectivity index (χ3n) is 5.00. The first kappa shape index (κ1) is 32.0. The van der Waals surface area contributed by atoms with Gasteiger partial charge in [0.15, 0.2) is 12.4 Å². The van der Waals surface area contributed by atoms with Crippen LogP contribution in [0, 0.1) is 0 Å². The number of phosphoric acid groups is 2. The molecular weight excluding hydrogens is 522 g/mol. The number of unbranched alkanes of at least 4 members (excludes halogenated alkanes) is 9. The SMILES string of the molecule is CCCCCCCCCCCCS(=O)(=O)O[C@H]1OC(O)[C@H](OP(=O)(O)O)[C@@H](O)[C@@H]1OP(=O)(O)O. The van der Waals surface area contributed by atoms with Gasteiger partial charge in [-0.2, -0.15) is 8.42 Å². The van der Waals surface area contributed by atoms with E-state index in [1.54, 1.807) is 0 Å². The second kappa shape index (κ2) is 14.7. The van der Waals surface area contributed by atoms with E-state index in [0.717, 1.165) is 25.7 Å². The van der Waals surface area contributed by atoms with Crippen molar-refractivity contribution in [3.05, 3.63) is 0 Å². The number of rotatable bonds is 17. The molecule has 1 fully saturated rings. The molecule has 1 aliphatic heterocycles. The van der Waals surface area contributed by atoms with Gasteiger partial charge >= 0.3 is 15.6 Å². The summed E-state index contributed by atoms with van der Waals surface area (Å²) in [6, 6.07) is 0. The van der Waals surface area contributed by atoms with Gasteiger partial charge in [-0.1, -0.05) is 64.7 Å². The van der Waals surface area contributed by atoms with Crippen LogP contribution in [-0.2, 0) is 37.2 Å². The van der Waals surface area contributed by atoms with Gasteiger partial charge in [-0.15, -0.1) is 0 Å².